The van der Waals surface area contributed by atoms with Crippen LogP contribution in [0.25, 0.3) is 0 Å². The Kier molecular flexibility index (Phi) is 8.85. The number of benzene rings is 2. The van der Waals surface area contributed by atoms with Crippen molar-refractivity contribution >= 4 is 33.3 Å². The second kappa shape index (κ2) is 10.6. The van der Waals surface area contributed by atoms with Gasteiger partial charge in [-0.15, -0.1) is 0 Å². The summed E-state index contributed by atoms with van der Waals surface area (Å²) in [4.78, 5) is 11.6. The number of carbonyl (C=O) groups is 1. The van der Waals surface area contributed by atoms with Gasteiger partial charge in [-0.2, -0.15) is 0 Å². The van der Waals surface area contributed by atoms with E-state index in [1.54, 1.807) is 0 Å². The minimum absolute atomic E-state index is 0.114. The Bertz CT molecular complexity index is 797. The Labute approximate surface area is 197 Å². The first-order valence-corrected chi connectivity index (χ1v) is 16.5. The molecule has 0 fully saturated rings. The SMILES string of the molecule is CC(C)(C)[Si](C)(C)OCCC(CC=O)O[Si](c1ccccc1)(c1ccccc1)C(C)(C)C. The summed E-state index contributed by atoms with van der Waals surface area (Å²) < 4.78 is 13.6. The molecule has 0 bridgehead atoms. The van der Waals surface area contributed by atoms with E-state index in [1.807, 2.05) is 12.1 Å². The molecule has 1 unspecified atom stereocenters. The van der Waals surface area contributed by atoms with E-state index in [9.17, 15) is 4.79 Å². The van der Waals surface area contributed by atoms with Gasteiger partial charge in [0.15, 0.2) is 8.32 Å². The lowest BCUT2D eigenvalue weighted by Crippen LogP contribution is -2.67. The lowest BCUT2D eigenvalue weighted by Gasteiger charge is -2.45. The van der Waals surface area contributed by atoms with E-state index >= 15 is 0 Å². The zero-order chi connectivity index (χ0) is 24.0. The van der Waals surface area contributed by atoms with Gasteiger partial charge in [-0.3, -0.25) is 0 Å². The highest BCUT2D eigenvalue weighted by atomic mass is 28.4. The molecule has 176 valence electrons. The van der Waals surface area contributed by atoms with Crippen LogP contribution in [0.3, 0.4) is 0 Å². The molecule has 0 aliphatic rings. The molecule has 0 heterocycles. The van der Waals surface area contributed by atoms with E-state index in [0.717, 1.165) is 12.7 Å². The maximum atomic E-state index is 11.6. The topological polar surface area (TPSA) is 35.5 Å². The highest BCUT2D eigenvalue weighted by molar-refractivity contribution is 6.99. The predicted octanol–water partition coefficient (Wildman–Crippen LogP) is 5.93. The van der Waals surface area contributed by atoms with E-state index in [-0.39, 0.29) is 16.2 Å². The van der Waals surface area contributed by atoms with Crippen LogP contribution in [0.2, 0.25) is 23.2 Å². The van der Waals surface area contributed by atoms with Gasteiger partial charge in [0.05, 0.1) is 6.10 Å². The molecule has 2 aromatic carbocycles. The number of hydrogen-bond acceptors (Lipinski definition) is 3. The third kappa shape index (κ3) is 6.07. The molecule has 32 heavy (non-hydrogen) atoms. The first-order chi connectivity index (χ1) is 14.8. The number of carbonyl (C=O) groups excluding carboxylic acids is 1. The number of rotatable bonds is 10. The largest absolute Gasteiger partial charge is 0.417 e. The molecule has 1 atom stereocenters. The Morgan fingerprint density at radius 3 is 1.66 bits per heavy atom. The minimum Gasteiger partial charge on any atom is -0.417 e. The Balaban J connectivity index is 2.43. The molecule has 0 radical (unpaired) electrons. The van der Waals surface area contributed by atoms with Crippen molar-refractivity contribution in [1.82, 2.24) is 0 Å². The summed E-state index contributed by atoms with van der Waals surface area (Å²) in [6.07, 6.45) is 1.92. The lowest BCUT2D eigenvalue weighted by molar-refractivity contribution is -0.109. The molecular weight excluding hydrogens is 428 g/mol. The summed E-state index contributed by atoms with van der Waals surface area (Å²) in [5.74, 6) is 0. The van der Waals surface area contributed by atoms with Gasteiger partial charge >= 0.3 is 0 Å². The molecule has 2 rings (SSSR count). The van der Waals surface area contributed by atoms with Gasteiger partial charge in [0, 0.05) is 13.0 Å². The fourth-order valence-electron chi connectivity index (χ4n) is 3.94. The number of aldehydes is 1. The molecular formula is C27H42O3Si2. The Morgan fingerprint density at radius 1 is 0.812 bits per heavy atom. The van der Waals surface area contributed by atoms with Crippen LogP contribution in [-0.4, -0.2) is 35.6 Å². The zero-order valence-electron chi connectivity index (χ0n) is 21.3. The molecule has 0 aliphatic carbocycles. The summed E-state index contributed by atoms with van der Waals surface area (Å²) in [6, 6.07) is 21.2. The smallest absolute Gasteiger partial charge is 0.261 e. The van der Waals surface area contributed by atoms with Crippen LogP contribution in [0.4, 0.5) is 0 Å². The van der Waals surface area contributed by atoms with E-state index in [0.29, 0.717) is 13.0 Å². The fourth-order valence-corrected chi connectivity index (χ4v) is 9.73. The summed E-state index contributed by atoms with van der Waals surface area (Å²) in [6.45, 7) is 18.7. The van der Waals surface area contributed by atoms with Gasteiger partial charge in [0.25, 0.3) is 8.32 Å². The third-order valence-corrected chi connectivity index (χ3v) is 16.5. The predicted molar refractivity (Wildman–Crippen MR) is 141 cm³/mol. The molecule has 3 nitrogen and oxygen atoms in total. The van der Waals surface area contributed by atoms with Gasteiger partial charge in [0.2, 0.25) is 0 Å². The number of hydrogen-bond donors (Lipinski definition) is 0. The van der Waals surface area contributed by atoms with Crippen LogP contribution in [0.5, 0.6) is 0 Å². The first kappa shape index (κ1) is 26.7. The van der Waals surface area contributed by atoms with Gasteiger partial charge in [-0.1, -0.05) is 102 Å². The molecule has 0 aromatic heterocycles. The van der Waals surface area contributed by atoms with Crippen molar-refractivity contribution in [3.63, 3.8) is 0 Å². The molecule has 0 saturated heterocycles. The monoisotopic (exact) mass is 470 g/mol. The molecule has 0 N–H and O–H groups in total. The third-order valence-electron chi connectivity index (χ3n) is 6.83. The molecule has 0 aliphatic heterocycles. The Morgan fingerprint density at radius 2 is 1.28 bits per heavy atom. The Hall–Kier alpha value is -1.54. The fraction of sp³-hybridized carbons (Fsp3) is 0.519. The van der Waals surface area contributed by atoms with E-state index in [1.165, 1.54) is 10.4 Å². The van der Waals surface area contributed by atoms with Crippen molar-refractivity contribution in [3.8, 4) is 0 Å². The van der Waals surface area contributed by atoms with E-state index < -0.39 is 16.6 Å². The van der Waals surface area contributed by atoms with Crippen molar-refractivity contribution in [2.75, 3.05) is 6.61 Å². The zero-order valence-corrected chi connectivity index (χ0v) is 23.3. The average molecular weight is 471 g/mol. The van der Waals surface area contributed by atoms with Crippen LogP contribution >= 0.6 is 0 Å². The van der Waals surface area contributed by atoms with Crippen LogP contribution in [0.1, 0.15) is 54.4 Å². The molecule has 0 amide bonds. The van der Waals surface area contributed by atoms with Crippen LogP contribution in [0, 0.1) is 0 Å². The maximum Gasteiger partial charge on any atom is 0.261 e. The lowest BCUT2D eigenvalue weighted by atomic mass is 10.2. The van der Waals surface area contributed by atoms with Crippen molar-refractivity contribution in [2.24, 2.45) is 0 Å². The standard InChI is InChI=1S/C27H42O3Si2/c1-26(2,3)31(7,8)29-22-20-23(19-21-28)30-32(27(4,5)6,24-15-11-9-12-16-24)25-17-13-10-14-18-25/h9-18,21,23H,19-20,22H2,1-8H3. The second-order valence-corrected chi connectivity index (χ2v) is 20.3. The van der Waals surface area contributed by atoms with Crippen LogP contribution in [-0.2, 0) is 13.6 Å². The first-order valence-electron chi connectivity index (χ1n) is 11.7. The average Bonchev–Trinajstić information content (AvgIpc) is 2.71. The molecule has 0 saturated carbocycles. The maximum absolute atomic E-state index is 11.6. The van der Waals surface area contributed by atoms with Crippen LogP contribution < -0.4 is 10.4 Å². The summed E-state index contributed by atoms with van der Waals surface area (Å²) >= 11 is 0. The van der Waals surface area contributed by atoms with E-state index in [4.69, 9.17) is 8.85 Å². The van der Waals surface area contributed by atoms with Crippen molar-refractivity contribution in [1.29, 1.82) is 0 Å². The van der Waals surface area contributed by atoms with Crippen molar-refractivity contribution < 1.29 is 13.6 Å². The van der Waals surface area contributed by atoms with E-state index in [2.05, 4.69) is 103 Å². The minimum atomic E-state index is -2.69. The second-order valence-electron chi connectivity index (χ2n) is 11.2. The summed E-state index contributed by atoms with van der Waals surface area (Å²) in [7, 11) is -4.54. The summed E-state index contributed by atoms with van der Waals surface area (Å²) in [5, 5.41) is 2.52. The van der Waals surface area contributed by atoms with Crippen molar-refractivity contribution in [2.45, 2.75) is 83.7 Å². The highest BCUT2D eigenvalue weighted by Gasteiger charge is 2.51. The van der Waals surface area contributed by atoms with Crippen LogP contribution in [0.15, 0.2) is 60.7 Å². The van der Waals surface area contributed by atoms with Gasteiger partial charge < -0.3 is 13.6 Å². The quantitative estimate of drug-likeness (QED) is 0.319. The van der Waals surface area contributed by atoms with Crippen molar-refractivity contribution in [3.05, 3.63) is 60.7 Å². The highest BCUT2D eigenvalue weighted by Crippen LogP contribution is 2.39. The normalized spacial score (nSPS) is 14.2. The molecule has 2 aromatic rings. The summed E-state index contributed by atoms with van der Waals surface area (Å²) in [5.41, 5.74) is 0. The van der Waals surface area contributed by atoms with Gasteiger partial charge in [0.1, 0.15) is 6.29 Å². The van der Waals surface area contributed by atoms with Gasteiger partial charge in [-0.25, -0.2) is 0 Å². The van der Waals surface area contributed by atoms with Gasteiger partial charge in [-0.05, 0) is 40.0 Å². The molecule has 5 heteroatoms. The molecule has 0 spiro atoms.